The van der Waals surface area contributed by atoms with E-state index in [4.69, 9.17) is 16.3 Å². The summed E-state index contributed by atoms with van der Waals surface area (Å²) in [7, 11) is 0. The summed E-state index contributed by atoms with van der Waals surface area (Å²) in [6.07, 6.45) is 3.82. The quantitative estimate of drug-likeness (QED) is 0.782. The Morgan fingerprint density at radius 3 is 2.42 bits per heavy atom. The van der Waals surface area contributed by atoms with E-state index in [2.05, 4.69) is 10.3 Å². The van der Waals surface area contributed by atoms with Gasteiger partial charge in [0, 0.05) is 23.8 Å². The van der Waals surface area contributed by atoms with Crippen molar-refractivity contribution in [1.29, 1.82) is 0 Å². The van der Waals surface area contributed by atoms with E-state index in [1.165, 1.54) is 0 Å². The number of rotatable bonds is 7. The highest BCUT2D eigenvalue weighted by molar-refractivity contribution is 6.30. The Hall–Kier alpha value is -2.40. The van der Waals surface area contributed by atoms with Crippen LogP contribution < -0.4 is 5.32 Å². The first-order valence-corrected chi connectivity index (χ1v) is 8.05. The first-order valence-electron chi connectivity index (χ1n) is 7.68. The summed E-state index contributed by atoms with van der Waals surface area (Å²) in [6.45, 7) is 2.00. The van der Waals surface area contributed by atoms with Gasteiger partial charge in [0.15, 0.2) is 0 Å². The number of carbonyl (C=O) groups excluding carboxylic acids is 2. The van der Waals surface area contributed by atoms with Crippen LogP contribution in [0.15, 0.2) is 48.8 Å². The van der Waals surface area contributed by atoms with E-state index in [9.17, 15) is 9.59 Å². The van der Waals surface area contributed by atoms with Crippen molar-refractivity contribution in [1.82, 2.24) is 10.3 Å². The second-order valence-electron chi connectivity index (χ2n) is 5.23. The van der Waals surface area contributed by atoms with Crippen molar-refractivity contribution in [3.63, 3.8) is 0 Å². The van der Waals surface area contributed by atoms with Crippen molar-refractivity contribution in [2.45, 2.75) is 25.8 Å². The lowest BCUT2D eigenvalue weighted by Crippen LogP contribution is -2.44. The summed E-state index contributed by atoms with van der Waals surface area (Å²) < 4.78 is 5.06. The number of nitrogens with one attached hydrogen (secondary N) is 1. The zero-order valence-electron chi connectivity index (χ0n) is 13.4. The van der Waals surface area contributed by atoms with Crippen LogP contribution in [0.5, 0.6) is 0 Å². The molecule has 2 aromatic rings. The van der Waals surface area contributed by atoms with Gasteiger partial charge in [-0.3, -0.25) is 9.78 Å². The highest BCUT2D eigenvalue weighted by Crippen LogP contribution is 2.10. The molecule has 0 fully saturated rings. The zero-order chi connectivity index (χ0) is 17.4. The maximum atomic E-state index is 12.2. The third-order valence-electron chi connectivity index (χ3n) is 3.37. The predicted molar refractivity (Wildman–Crippen MR) is 91.7 cm³/mol. The number of esters is 1. The molecule has 0 bridgehead atoms. The van der Waals surface area contributed by atoms with E-state index >= 15 is 0 Å². The highest BCUT2D eigenvalue weighted by atomic mass is 35.5. The van der Waals surface area contributed by atoms with Gasteiger partial charge in [0.1, 0.15) is 6.04 Å². The number of halogens is 1. The third kappa shape index (κ3) is 5.66. The van der Waals surface area contributed by atoms with Crippen LogP contribution in [0.25, 0.3) is 0 Å². The van der Waals surface area contributed by atoms with E-state index < -0.39 is 12.0 Å². The number of amides is 1. The Morgan fingerprint density at radius 2 is 1.79 bits per heavy atom. The average Bonchev–Trinajstić information content (AvgIpc) is 2.57. The van der Waals surface area contributed by atoms with Crippen LogP contribution in [0.3, 0.4) is 0 Å². The molecule has 2 rings (SSSR count). The minimum absolute atomic E-state index is 0.170. The fourth-order valence-corrected chi connectivity index (χ4v) is 2.35. The van der Waals surface area contributed by atoms with Crippen LogP contribution in [0, 0.1) is 0 Å². The molecule has 1 aromatic carbocycles. The van der Waals surface area contributed by atoms with E-state index in [-0.39, 0.29) is 18.9 Å². The molecule has 1 heterocycles. The van der Waals surface area contributed by atoms with Crippen molar-refractivity contribution >= 4 is 23.5 Å². The Bertz CT molecular complexity index is 674. The van der Waals surface area contributed by atoms with Crippen LogP contribution in [0.1, 0.15) is 18.1 Å². The number of benzene rings is 1. The third-order valence-corrected chi connectivity index (χ3v) is 3.63. The van der Waals surface area contributed by atoms with E-state index in [0.717, 1.165) is 11.1 Å². The Morgan fingerprint density at radius 1 is 1.12 bits per heavy atom. The van der Waals surface area contributed by atoms with E-state index in [1.807, 2.05) is 0 Å². The molecule has 0 saturated heterocycles. The van der Waals surface area contributed by atoms with Gasteiger partial charge in [0.25, 0.3) is 0 Å². The summed E-state index contributed by atoms with van der Waals surface area (Å²) in [5.41, 5.74) is 1.72. The molecule has 0 aliphatic rings. The second kappa shape index (κ2) is 9.03. The van der Waals surface area contributed by atoms with E-state index in [0.29, 0.717) is 11.4 Å². The van der Waals surface area contributed by atoms with Gasteiger partial charge in [-0.05, 0) is 42.3 Å². The number of nitrogens with zero attached hydrogens (tertiary/aromatic N) is 1. The summed E-state index contributed by atoms with van der Waals surface area (Å²) in [6, 6.07) is 9.89. The Balaban J connectivity index is 2.02. The summed E-state index contributed by atoms with van der Waals surface area (Å²) in [5, 5.41) is 3.36. The molecule has 0 aliphatic carbocycles. The molecule has 0 radical (unpaired) electrons. The molecule has 0 unspecified atom stereocenters. The van der Waals surface area contributed by atoms with Gasteiger partial charge in [0.05, 0.1) is 13.0 Å². The molecule has 24 heavy (non-hydrogen) atoms. The fraction of sp³-hybridized carbons (Fsp3) is 0.278. The van der Waals surface area contributed by atoms with Gasteiger partial charge in [0.2, 0.25) is 5.91 Å². The van der Waals surface area contributed by atoms with Crippen molar-refractivity contribution in [3.8, 4) is 0 Å². The first kappa shape index (κ1) is 17.9. The van der Waals surface area contributed by atoms with Gasteiger partial charge in [-0.15, -0.1) is 0 Å². The zero-order valence-corrected chi connectivity index (χ0v) is 14.1. The van der Waals surface area contributed by atoms with Gasteiger partial charge in [-0.25, -0.2) is 4.79 Å². The Labute approximate surface area is 146 Å². The first-order chi connectivity index (χ1) is 11.6. The number of ether oxygens (including phenoxy) is 1. The molecule has 5 nitrogen and oxygen atoms in total. The number of pyridine rings is 1. The maximum absolute atomic E-state index is 12.2. The molecule has 1 aromatic heterocycles. The molecular formula is C18H19ClN2O3. The van der Waals surface area contributed by atoms with Crippen molar-refractivity contribution in [2.75, 3.05) is 6.61 Å². The molecular weight excluding hydrogens is 328 g/mol. The van der Waals surface area contributed by atoms with Crippen LogP contribution in [-0.4, -0.2) is 29.5 Å². The normalized spacial score (nSPS) is 11.6. The van der Waals surface area contributed by atoms with Crippen LogP contribution in [-0.2, 0) is 27.2 Å². The van der Waals surface area contributed by atoms with E-state index in [1.54, 1.807) is 55.7 Å². The molecule has 6 heteroatoms. The lowest BCUT2D eigenvalue weighted by atomic mass is 10.1. The lowest BCUT2D eigenvalue weighted by molar-refractivity contribution is -0.147. The number of aromatic nitrogens is 1. The van der Waals surface area contributed by atoms with Crippen LogP contribution >= 0.6 is 11.6 Å². The largest absolute Gasteiger partial charge is 0.464 e. The SMILES string of the molecule is CCOC(=O)[C@H](Cc1ccncc1)NC(=O)Cc1ccc(Cl)cc1. The summed E-state index contributed by atoms with van der Waals surface area (Å²) in [4.78, 5) is 28.3. The summed E-state index contributed by atoms with van der Waals surface area (Å²) >= 11 is 5.83. The smallest absolute Gasteiger partial charge is 0.328 e. The maximum Gasteiger partial charge on any atom is 0.328 e. The van der Waals surface area contributed by atoms with Gasteiger partial charge in [-0.1, -0.05) is 23.7 Å². The molecule has 1 N–H and O–H groups in total. The van der Waals surface area contributed by atoms with Gasteiger partial charge in [-0.2, -0.15) is 0 Å². The monoisotopic (exact) mass is 346 g/mol. The van der Waals surface area contributed by atoms with Gasteiger partial charge < -0.3 is 10.1 Å². The molecule has 0 spiro atoms. The number of hydrogen-bond acceptors (Lipinski definition) is 4. The molecule has 1 amide bonds. The lowest BCUT2D eigenvalue weighted by Gasteiger charge is -2.17. The highest BCUT2D eigenvalue weighted by Gasteiger charge is 2.22. The standard InChI is InChI=1S/C18H19ClN2O3/c1-2-24-18(23)16(11-14-7-9-20-10-8-14)21-17(22)12-13-3-5-15(19)6-4-13/h3-10,16H,2,11-12H2,1H3,(H,21,22)/t16-/m0/s1. The topological polar surface area (TPSA) is 68.3 Å². The van der Waals surface area contributed by atoms with Crippen LogP contribution in [0.2, 0.25) is 5.02 Å². The molecule has 0 aliphatic heterocycles. The minimum Gasteiger partial charge on any atom is -0.464 e. The summed E-state index contributed by atoms with van der Waals surface area (Å²) in [5.74, 6) is -0.691. The van der Waals surface area contributed by atoms with Crippen molar-refractivity contribution < 1.29 is 14.3 Å². The molecule has 126 valence electrons. The number of carbonyl (C=O) groups is 2. The predicted octanol–water partition coefficient (Wildman–Crippen LogP) is 2.57. The second-order valence-corrected chi connectivity index (χ2v) is 5.67. The van der Waals surface area contributed by atoms with Crippen molar-refractivity contribution in [2.24, 2.45) is 0 Å². The number of hydrogen-bond donors (Lipinski definition) is 1. The minimum atomic E-state index is -0.729. The van der Waals surface area contributed by atoms with Crippen molar-refractivity contribution in [3.05, 3.63) is 64.9 Å². The Kier molecular flexibility index (Phi) is 6.75. The van der Waals surface area contributed by atoms with Gasteiger partial charge >= 0.3 is 5.97 Å². The fourth-order valence-electron chi connectivity index (χ4n) is 2.22. The molecule has 1 atom stereocenters. The van der Waals surface area contributed by atoms with Crippen LogP contribution in [0.4, 0.5) is 0 Å². The molecule has 0 saturated carbocycles. The average molecular weight is 347 g/mol.